The lowest BCUT2D eigenvalue weighted by Gasteiger charge is -2.38. The number of nitrogens with zero attached hydrogens (tertiary/aromatic N) is 5. The first-order valence-electron chi connectivity index (χ1n) is 6.10. The summed E-state index contributed by atoms with van der Waals surface area (Å²) in [7, 11) is 0. The summed E-state index contributed by atoms with van der Waals surface area (Å²) in [6.45, 7) is 0.872. The van der Waals surface area contributed by atoms with Crippen LogP contribution in [0.1, 0.15) is 27.0 Å². The summed E-state index contributed by atoms with van der Waals surface area (Å²) in [6, 6.07) is 3.10. The second kappa shape index (κ2) is 5.13. The predicted octanol–water partition coefficient (Wildman–Crippen LogP) is 0.722. The average molecular weight is 308 g/mol. The van der Waals surface area contributed by atoms with E-state index in [1.807, 2.05) is 0 Å². The zero-order valence-corrected chi connectivity index (χ0v) is 11.4. The summed E-state index contributed by atoms with van der Waals surface area (Å²) in [5.74, 6) is -1.32. The molecule has 0 aliphatic carbocycles. The highest BCUT2D eigenvalue weighted by Crippen LogP contribution is 2.22. The minimum Gasteiger partial charge on any atom is -0.476 e. The zero-order chi connectivity index (χ0) is 15.0. The molecule has 2 aromatic rings. The molecule has 0 spiro atoms. The molecule has 108 valence electrons. The fraction of sp³-hybridized carbons (Fsp3) is 0.250. The normalized spacial score (nSPS) is 14.8. The monoisotopic (exact) mass is 307 g/mol. The molecule has 21 heavy (non-hydrogen) atoms. The van der Waals surface area contributed by atoms with Crippen molar-refractivity contribution in [2.75, 3.05) is 13.1 Å². The molecular weight excluding hydrogens is 298 g/mol. The number of halogens is 1. The number of pyridine rings is 1. The molecule has 1 N–H and O–H groups in total. The van der Waals surface area contributed by atoms with Crippen molar-refractivity contribution in [2.45, 2.75) is 6.04 Å². The molecule has 0 aromatic carbocycles. The largest absolute Gasteiger partial charge is 0.476 e. The van der Waals surface area contributed by atoms with Gasteiger partial charge in [-0.3, -0.25) is 4.79 Å². The minimum atomic E-state index is -1.13. The van der Waals surface area contributed by atoms with E-state index in [0.29, 0.717) is 23.8 Å². The van der Waals surface area contributed by atoms with E-state index in [4.69, 9.17) is 16.7 Å². The van der Waals surface area contributed by atoms with Gasteiger partial charge in [0, 0.05) is 19.3 Å². The van der Waals surface area contributed by atoms with Gasteiger partial charge in [0.15, 0.2) is 5.69 Å². The van der Waals surface area contributed by atoms with Gasteiger partial charge in [-0.2, -0.15) is 0 Å². The molecular formula is C12H10ClN5O3. The number of carboxylic acids is 1. The smallest absolute Gasteiger partial charge is 0.358 e. The maximum Gasteiger partial charge on any atom is 0.358 e. The number of aromatic nitrogens is 4. The molecule has 2 aromatic heterocycles. The van der Waals surface area contributed by atoms with E-state index in [9.17, 15) is 9.59 Å². The molecule has 3 heterocycles. The standard InChI is InChI=1S/C12H10ClN5O3/c13-7-1-2-9(14-3-7)11(19)17-4-8(5-17)18-6-10(12(20)21)15-16-18/h1-3,6,8H,4-5H2,(H,20,21). The van der Waals surface area contributed by atoms with Crippen molar-refractivity contribution in [2.24, 2.45) is 0 Å². The molecule has 0 radical (unpaired) electrons. The highest BCUT2D eigenvalue weighted by molar-refractivity contribution is 6.30. The van der Waals surface area contributed by atoms with Gasteiger partial charge in [0.05, 0.1) is 17.3 Å². The molecule has 0 bridgehead atoms. The Bertz CT molecular complexity index is 693. The fourth-order valence-corrected chi connectivity index (χ4v) is 2.12. The molecule has 1 aliphatic rings. The number of carbonyl (C=O) groups is 2. The SMILES string of the molecule is O=C(O)c1cn(C2CN(C(=O)c3ccc(Cl)cn3)C2)nn1. The second-order valence-electron chi connectivity index (χ2n) is 4.61. The van der Waals surface area contributed by atoms with Crippen LogP contribution in [0.5, 0.6) is 0 Å². The molecule has 1 saturated heterocycles. The minimum absolute atomic E-state index is 0.0677. The summed E-state index contributed by atoms with van der Waals surface area (Å²) >= 11 is 5.72. The van der Waals surface area contributed by atoms with E-state index in [-0.39, 0.29) is 17.6 Å². The van der Waals surface area contributed by atoms with Gasteiger partial charge < -0.3 is 10.0 Å². The lowest BCUT2D eigenvalue weighted by atomic mass is 10.1. The van der Waals surface area contributed by atoms with Crippen LogP contribution in [0.4, 0.5) is 0 Å². The molecule has 0 unspecified atom stereocenters. The van der Waals surface area contributed by atoms with Crippen molar-refractivity contribution in [1.29, 1.82) is 0 Å². The molecule has 9 heteroatoms. The van der Waals surface area contributed by atoms with Crippen LogP contribution >= 0.6 is 11.6 Å². The molecule has 1 amide bonds. The van der Waals surface area contributed by atoms with Crippen LogP contribution in [0.25, 0.3) is 0 Å². The Morgan fingerprint density at radius 2 is 2.05 bits per heavy atom. The van der Waals surface area contributed by atoms with E-state index in [2.05, 4.69) is 15.3 Å². The number of rotatable bonds is 3. The van der Waals surface area contributed by atoms with Gasteiger partial charge in [0.2, 0.25) is 0 Å². The van der Waals surface area contributed by atoms with Crippen LogP contribution in [0, 0.1) is 0 Å². The van der Waals surface area contributed by atoms with Crippen LogP contribution < -0.4 is 0 Å². The molecule has 8 nitrogen and oxygen atoms in total. The van der Waals surface area contributed by atoms with Crippen LogP contribution in [0.15, 0.2) is 24.5 Å². The van der Waals surface area contributed by atoms with E-state index in [1.54, 1.807) is 17.0 Å². The lowest BCUT2D eigenvalue weighted by Crippen LogP contribution is -2.51. The Balaban J connectivity index is 1.63. The van der Waals surface area contributed by atoms with Crippen LogP contribution in [-0.4, -0.2) is 55.0 Å². The highest BCUT2D eigenvalue weighted by Gasteiger charge is 2.34. The maximum atomic E-state index is 12.1. The Morgan fingerprint density at radius 3 is 2.62 bits per heavy atom. The number of aromatic carboxylic acids is 1. The molecule has 0 atom stereocenters. The van der Waals surface area contributed by atoms with E-state index >= 15 is 0 Å². The number of carbonyl (C=O) groups excluding carboxylic acids is 1. The zero-order valence-electron chi connectivity index (χ0n) is 10.7. The van der Waals surface area contributed by atoms with Crippen molar-refractivity contribution >= 4 is 23.5 Å². The number of hydrogen-bond donors (Lipinski definition) is 1. The average Bonchev–Trinajstić information content (AvgIpc) is 2.87. The number of amides is 1. The van der Waals surface area contributed by atoms with Gasteiger partial charge in [0.25, 0.3) is 5.91 Å². The molecule has 1 fully saturated rings. The third kappa shape index (κ3) is 2.57. The summed E-state index contributed by atoms with van der Waals surface area (Å²) < 4.78 is 1.46. The Hall–Kier alpha value is -2.48. The fourth-order valence-electron chi connectivity index (χ4n) is 2.01. The Morgan fingerprint density at radius 1 is 1.29 bits per heavy atom. The summed E-state index contributed by atoms with van der Waals surface area (Å²) in [6.07, 6.45) is 2.78. The number of hydrogen-bond acceptors (Lipinski definition) is 5. The second-order valence-corrected chi connectivity index (χ2v) is 5.05. The van der Waals surface area contributed by atoms with Crippen molar-refractivity contribution in [3.63, 3.8) is 0 Å². The van der Waals surface area contributed by atoms with Gasteiger partial charge in [-0.25, -0.2) is 14.5 Å². The summed E-state index contributed by atoms with van der Waals surface area (Å²) in [5, 5.41) is 16.5. The lowest BCUT2D eigenvalue weighted by molar-refractivity contribution is 0.0491. The topological polar surface area (TPSA) is 101 Å². The first-order valence-corrected chi connectivity index (χ1v) is 6.48. The molecule has 0 saturated carbocycles. The first kappa shape index (κ1) is 13.5. The van der Waals surface area contributed by atoms with Crippen LogP contribution in [-0.2, 0) is 0 Å². The molecule has 1 aliphatic heterocycles. The molecule has 3 rings (SSSR count). The van der Waals surface area contributed by atoms with E-state index in [1.165, 1.54) is 17.1 Å². The van der Waals surface area contributed by atoms with Crippen molar-refractivity contribution < 1.29 is 14.7 Å². The van der Waals surface area contributed by atoms with E-state index < -0.39 is 5.97 Å². The summed E-state index contributed by atoms with van der Waals surface area (Å²) in [4.78, 5) is 28.4. The van der Waals surface area contributed by atoms with Gasteiger partial charge in [0.1, 0.15) is 5.69 Å². The van der Waals surface area contributed by atoms with Gasteiger partial charge in [-0.05, 0) is 12.1 Å². The quantitative estimate of drug-likeness (QED) is 0.896. The maximum absolute atomic E-state index is 12.1. The highest BCUT2D eigenvalue weighted by atomic mass is 35.5. The van der Waals surface area contributed by atoms with Crippen molar-refractivity contribution in [3.05, 3.63) is 40.9 Å². The Labute approximate surface area is 124 Å². The van der Waals surface area contributed by atoms with Crippen LogP contribution in [0.2, 0.25) is 5.02 Å². The Kier molecular flexibility index (Phi) is 3.30. The third-order valence-corrected chi connectivity index (χ3v) is 3.42. The van der Waals surface area contributed by atoms with Gasteiger partial charge >= 0.3 is 5.97 Å². The van der Waals surface area contributed by atoms with Crippen molar-refractivity contribution in [3.8, 4) is 0 Å². The van der Waals surface area contributed by atoms with Gasteiger partial charge in [-0.15, -0.1) is 5.10 Å². The predicted molar refractivity (Wildman–Crippen MR) is 71.2 cm³/mol. The van der Waals surface area contributed by atoms with Gasteiger partial charge in [-0.1, -0.05) is 16.8 Å². The number of carboxylic acid groups (broad SMARTS) is 1. The number of likely N-dealkylation sites (tertiary alicyclic amines) is 1. The first-order chi connectivity index (χ1) is 10.0. The van der Waals surface area contributed by atoms with E-state index in [0.717, 1.165) is 0 Å². The van der Waals surface area contributed by atoms with Crippen LogP contribution in [0.3, 0.4) is 0 Å². The summed E-state index contributed by atoms with van der Waals surface area (Å²) in [5.41, 5.74) is 0.210. The third-order valence-electron chi connectivity index (χ3n) is 3.20. The van der Waals surface area contributed by atoms with Crippen molar-refractivity contribution in [1.82, 2.24) is 24.9 Å².